The number of nitro benzene ring substituents is 1. The Hall–Kier alpha value is -2.05. The van der Waals surface area contributed by atoms with Gasteiger partial charge in [-0.2, -0.15) is 0 Å². The van der Waals surface area contributed by atoms with Crippen LogP contribution < -0.4 is 0 Å². The molecule has 108 valence electrons. The van der Waals surface area contributed by atoms with Gasteiger partial charge in [0.25, 0.3) is 5.69 Å². The van der Waals surface area contributed by atoms with Crippen molar-refractivity contribution in [2.45, 2.75) is 10.6 Å². The third kappa shape index (κ3) is 4.21. The number of hydrogen-bond acceptors (Lipinski definition) is 5. The number of nitro groups is 1. The molecule has 0 aliphatic carbocycles. The van der Waals surface area contributed by atoms with Gasteiger partial charge in [-0.3, -0.25) is 10.1 Å². The quantitative estimate of drug-likeness (QED) is 0.292. The molecule has 0 aliphatic rings. The molecular formula is C14H11ClN2O3S. The lowest BCUT2D eigenvalue weighted by Crippen LogP contribution is -1.93. The average molecular weight is 323 g/mol. The predicted octanol–water partition coefficient (Wildman–Crippen LogP) is 4.35. The Bertz CT molecular complexity index is 674. The van der Waals surface area contributed by atoms with E-state index in [1.165, 1.54) is 17.8 Å². The number of rotatable bonds is 5. The van der Waals surface area contributed by atoms with Crippen molar-refractivity contribution in [1.29, 1.82) is 0 Å². The SMILES string of the molecule is O=[N+]([O-])c1cc(C=NO)ccc1SCc1ccc(Cl)cc1. The van der Waals surface area contributed by atoms with Crippen molar-refractivity contribution in [3.05, 3.63) is 68.7 Å². The van der Waals surface area contributed by atoms with Crippen molar-refractivity contribution in [1.82, 2.24) is 0 Å². The molecule has 21 heavy (non-hydrogen) atoms. The number of benzene rings is 2. The highest BCUT2D eigenvalue weighted by Gasteiger charge is 2.14. The van der Waals surface area contributed by atoms with Gasteiger partial charge in [-0.05, 0) is 23.8 Å². The van der Waals surface area contributed by atoms with Crippen molar-refractivity contribution in [3.63, 3.8) is 0 Å². The minimum absolute atomic E-state index is 0.00800. The Morgan fingerprint density at radius 3 is 2.62 bits per heavy atom. The standard InChI is InChI=1S/C14H11ClN2O3S/c15-12-4-1-10(2-5-12)9-21-14-6-3-11(8-16-18)7-13(14)17(19)20/h1-8,18H,9H2. The number of halogens is 1. The van der Waals surface area contributed by atoms with Crippen LogP contribution in [0.3, 0.4) is 0 Å². The second-order valence-electron chi connectivity index (χ2n) is 4.14. The molecule has 0 amide bonds. The summed E-state index contributed by atoms with van der Waals surface area (Å²) in [6.07, 6.45) is 1.15. The van der Waals surface area contributed by atoms with Gasteiger partial charge in [-0.25, -0.2) is 0 Å². The van der Waals surface area contributed by atoms with Gasteiger partial charge >= 0.3 is 0 Å². The Kier molecular flexibility index (Phi) is 5.19. The molecule has 5 nitrogen and oxygen atoms in total. The summed E-state index contributed by atoms with van der Waals surface area (Å²) >= 11 is 7.18. The molecule has 0 saturated carbocycles. The molecule has 0 radical (unpaired) electrons. The highest BCUT2D eigenvalue weighted by Crippen LogP contribution is 2.32. The molecule has 0 bridgehead atoms. The first kappa shape index (κ1) is 15.3. The van der Waals surface area contributed by atoms with E-state index in [1.54, 1.807) is 24.3 Å². The Labute approximate surface area is 130 Å². The van der Waals surface area contributed by atoms with E-state index in [9.17, 15) is 10.1 Å². The lowest BCUT2D eigenvalue weighted by atomic mass is 10.2. The van der Waals surface area contributed by atoms with E-state index in [2.05, 4.69) is 5.16 Å². The third-order valence-corrected chi connectivity index (χ3v) is 4.08. The highest BCUT2D eigenvalue weighted by atomic mass is 35.5. The van der Waals surface area contributed by atoms with Crippen LogP contribution >= 0.6 is 23.4 Å². The summed E-state index contributed by atoms with van der Waals surface area (Å²) in [4.78, 5) is 11.2. The zero-order valence-corrected chi connectivity index (χ0v) is 12.3. The van der Waals surface area contributed by atoms with Crippen molar-refractivity contribution in [3.8, 4) is 0 Å². The first-order valence-electron chi connectivity index (χ1n) is 5.93. The van der Waals surface area contributed by atoms with Crippen molar-refractivity contribution in [2.24, 2.45) is 5.16 Å². The molecule has 0 heterocycles. The molecule has 0 spiro atoms. The molecule has 2 rings (SSSR count). The lowest BCUT2D eigenvalue weighted by Gasteiger charge is -2.04. The fraction of sp³-hybridized carbons (Fsp3) is 0.0714. The molecule has 0 fully saturated rings. The second kappa shape index (κ2) is 7.10. The van der Waals surface area contributed by atoms with Crippen LogP contribution in [-0.4, -0.2) is 16.3 Å². The minimum Gasteiger partial charge on any atom is -0.411 e. The number of oxime groups is 1. The van der Waals surface area contributed by atoms with E-state index in [0.717, 1.165) is 11.8 Å². The predicted molar refractivity (Wildman–Crippen MR) is 83.5 cm³/mol. The maximum Gasteiger partial charge on any atom is 0.283 e. The second-order valence-corrected chi connectivity index (χ2v) is 5.60. The largest absolute Gasteiger partial charge is 0.411 e. The van der Waals surface area contributed by atoms with Gasteiger partial charge < -0.3 is 5.21 Å². The highest BCUT2D eigenvalue weighted by molar-refractivity contribution is 7.98. The number of nitrogens with zero attached hydrogens (tertiary/aromatic N) is 2. The van der Waals surface area contributed by atoms with E-state index in [4.69, 9.17) is 16.8 Å². The van der Waals surface area contributed by atoms with Crippen molar-refractivity contribution < 1.29 is 10.1 Å². The van der Waals surface area contributed by atoms with Crippen LogP contribution in [0.1, 0.15) is 11.1 Å². The molecule has 0 saturated heterocycles. The summed E-state index contributed by atoms with van der Waals surface area (Å²) < 4.78 is 0. The molecule has 0 unspecified atom stereocenters. The molecular weight excluding hydrogens is 312 g/mol. The maximum atomic E-state index is 11.1. The Morgan fingerprint density at radius 2 is 2.00 bits per heavy atom. The molecule has 1 N–H and O–H groups in total. The molecule has 2 aromatic carbocycles. The fourth-order valence-corrected chi connectivity index (χ4v) is 2.77. The van der Waals surface area contributed by atoms with Gasteiger partial charge in [0.1, 0.15) is 0 Å². The first-order valence-corrected chi connectivity index (χ1v) is 7.29. The molecule has 0 atom stereocenters. The van der Waals surface area contributed by atoms with E-state index in [-0.39, 0.29) is 5.69 Å². The maximum absolute atomic E-state index is 11.1. The van der Waals surface area contributed by atoms with Gasteiger partial charge in [0.2, 0.25) is 0 Å². The number of thioether (sulfide) groups is 1. The van der Waals surface area contributed by atoms with E-state index in [0.29, 0.717) is 21.2 Å². The Morgan fingerprint density at radius 1 is 1.29 bits per heavy atom. The summed E-state index contributed by atoms with van der Waals surface area (Å²) in [7, 11) is 0. The molecule has 0 aromatic heterocycles. The lowest BCUT2D eigenvalue weighted by molar-refractivity contribution is -0.387. The van der Waals surface area contributed by atoms with E-state index < -0.39 is 4.92 Å². The number of hydrogen-bond donors (Lipinski definition) is 1. The summed E-state index contributed by atoms with van der Waals surface area (Å²) in [5.74, 6) is 0.603. The average Bonchev–Trinajstić information content (AvgIpc) is 2.47. The monoisotopic (exact) mass is 322 g/mol. The third-order valence-electron chi connectivity index (χ3n) is 2.69. The Balaban J connectivity index is 2.19. The van der Waals surface area contributed by atoms with Gasteiger partial charge in [-0.1, -0.05) is 35.0 Å². The smallest absolute Gasteiger partial charge is 0.283 e. The van der Waals surface area contributed by atoms with Gasteiger partial charge in [0.05, 0.1) is 16.0 Å². The normalized spacial score (nSPS) is 10.9. The van der Waals surface area contributed by atoms with E-state index in [1.807, 2.05) is 12.1 Å². The summed E-state index contributed by atoms with van der Waals surface area (Å²) in [5.41, 5.74) is 1.49. The van der Waals surface area contributed by atoms with Crippen molar-refractivity contribution >= 4 is 35.3 Å². The van der Waals surface area contributed by atoms with Crippen LogP contribution in [0.25, 0.3) is 0 Å². The van der Waals surface area contributed by atoms with E-state index >= 15 is 0 Å². The van der Waals surface area contributed by atoms with Crippen LogP contribution in [0.4, 0.5) is 5.69 Å². The van der Waals surface area contributed by atoms with Gasteiger partial charge in [0.15, 0.2) is 0 Å². The minimum atomic E-state index is -0.446. The zero-order chi connectivity index (χ0) is 15.2. The molecule has 7 heteroatoms. The van der Waals surface area contributed by atoms with Crippen molar-refractivity contribution in [2.75, 3.05) is 0 Å². The zero-order valence-electron chi connectivity index (χ0n) is 10.8. The van der Waals surface area contributed by atoms with Crippen LogP contribution in [-0.2, 0) is 5.75 Å². The summed E-state index contributed by atoms with van der Waals surface area (Å²) in [6.45, 7) is 0. The van der Waals surface area contributed by atoms with Crippen LogP contribution in [0.2, 0.25) is 5.02 Å². The van der Waals surface area contributed by atoms with Crippen LogP contribution in [0.15, 0.2) is 52.5 Å². The summed E-state index contributed by atoms with van der Waals surface area (Å²) in [6, 6.07) is 12.0. The topological polar surface area (TPSA) is 75.7 Å². The summed E-state index contributed by atoms with van der Waals surface area (Å²) in [5, 5.41) is 23.1. The van der Waals surface area contributed by atoms with Crippen LogP contribution in [0.5, 0.6) is 0 Å². The van der Waals surface area contributed by atoms with Gasteiger partial charge in [-0.15, -0.1) is 11.8 Å². The van der Waals surface area contributed by atoms with Gasteiger partial charge in [0, 0.05) is 22.4 Å². The molecule has 0 aliphatic heterocycles. The first-order chi connectivity index (χ1) is 10.1. The van der Waals surface area contributed by atoms with Crippen LogP contribution in [0, 0.1) is 10.1 Å². The molecule has 2 aromatic rings. The fourth-order valence-electron chi connectivity index (χ4n) is 1.69.